The fourth-order valence-electron chi connectivity index (χ4n) is 1.05. The lowest BCUT2D eigenvalue weighted by Crippen LogP contribution is -1.95. The molecule has 0 spiro atoms. The van der Waals surface area contributed by atoms with E-state index in [4.69, 9.17) is 0 Å². The Morgan fingerprint density at radius 3 is 2.92 bits per heavy atom. The summed E-state index contributed by atoms with van der Waals surface area (Å²) in [4.78, 5) is 12.3. The van der Waals surface area contributed by atoms with E-state index in [0.717, 1.165) is 24.4 Å². The number of rotatable bonds is 3. The number of aromatic nitrogens is 2. The molecule has 0 aliphatic carbocycles. The van der Waals surface area contributed by atoms with Gasteiger partial charge in [0.25, 0.3) is 0 Å². The molecule has 1 aromatic heterocycles. The summed E-state index contributed by atoms with van der Waals surface area (Å²) < 4.78 is 0. The zero-order chi connectivity index (χ0) is 9.68. The molecule has 68 valence electrons. The molecular weight excluding hydrogens is 182 g/mol. The van der Waals surface area contributed by atoms with E-state index >= 15 is 0 Å². The van der Waals surface area contributed by atoms with E-state index in [0.29, 0.717) is 5.82 Å². The minimum atomic E-state index is 0.603. The van der Waals surface area contributed by atoms with Gasteiger partial charge in [-0.05, 0) is 25.6 Å². The largest absolute Gasteiger partial charge is 0.238 e. The number of isothiocyanates is 1. The first-order valence-electron chi connectivity index (χ1n) is 4.18. The first-order valence-corrected chi connectivity index (χ1v) is 4.59. The summed E-state index contributed by atoms with van der Waals surface area (Å²) in [5.41, 5.74) is 0.919. The van der Waals surface area contributed by atoms with Crippen LogP contribution in [-0.4, -0.2) is 15.1 Å². The van der Waals surface area contributed by atoms with Crippen molar-refractivity contribution in [2.75, 3.05) is 0 Å². The molecule has 3 nitrogen and oxygen atoms in total. The molecule has 0 radical (unpaired) electrons. The quantitative estimate of drug-likeness (QED) is 0.546. The number of hydrogen-bond donors (Lipinski definition) is 0. The van der Waals surface area contributed by atoms with Crippen LogP contribution in [0.1, 0.15) is 24.9 Å². The summed E-state index contributed by atoms with van der Waals surface area (Å²) in [5, 5.41) is 2.30. The highest BCUT2D eigenvalue weighted by Crippen LogP contribution is 2.09. The molecule has 0 fully saturated rings. The Morgan fingerprint density at radius 1 is 1.54 bits per heavy atom. The predicted molar refractivity (Wildman–Crippen MR) is 55.5 cm³/mol. The molecule has 0 aliphatic heterocycles. The van der Waals surface area contributed by atoms with Crippen molar-refractivity contribution in [3.63, 3.8) is 0 Å². The third-order valence-electron chi connectivity index (χ3n) is 1.52. The third-order valence-corrected chi connectivity index (χ3v) is 1.61. The molecule has 0 aromatic carbocycles. The molecule has 13 heavy (non-hydrogen) atoms. The van der Waals surface area contributed by atoms with Gasteiger partial charge in [-0.2, -0.15) is 4.99 Å². The van der Waals surface area contributed by atoms with Crippen LogP contribution in [0.25, 0.3) is 0 Å². The van der Waals surface area contributed by atoms with Crippen LogP contribution in [0, 0.1) is 6.92 Å². The Kier molecular flexibility index (Phi) is 3.68. The van der Waals surface area contributed by atoms with Crippen molar-refractivity contribution < 1.29 is 0 Å². The van der Waals surface area contributed by atoms with Crippen molar-refractivity contribution in [1.82, 2.24) is 9.97 Å². The van der Waals surface area contributed by atoms with Gasteiger partial charge in [0.1, 0.15) is 5.82 Å². The number of thiocarbonyl (C=S) groups is 1. The van der Waals surface area contributed by atoms with Crippen LogP contribution < -0.4 is 0 Å². The van der Waals surface area contributed by atoms with Gasteiger partial charge in [-0.3, -0.25) is 0 Å². The van der Waals surface area contributed by atoms with Gasteiger partial charge in [0, 0.05) is 18.2 Å². The van der Waals surface area contributed by atoms with Crippen LogP contribution in [0.3, 0.4) is 0 Å². The minimum Gasteiger partial charge on any atom is -0.238 e. The summed E-state index contributed by atoms with van der Waals surface area (Å²) in [6.45, 7) is 4.01. The van der Waals surface area contributed by atoms with Gasteiger partial charge in [0.15, 0.2) is 5.82 Å². The third kappa shape index (κ3) is 3.01. The Labute approximate surface area is 82.9 Å². The normalized spacial score (nSPS) is 9.38. The van der Waals surface area contributed by atoms with Gasteiger partial charge in [-0.25, -0.2) is 9.97 Å². The van der Waals surface area contributed by atoms with Crippen molar-refractivity contribution in [3.8, 4) is 0 Å². The summed E-state index contributed by atoms with van der Waals surface area (Å²) in [6.07, 6.45) is 1.91. The average molecular weight is 193 g/mol. The molecule has 0 bridgehead atoms. The second kappa shape index (κ2) is 4.80. The monoisotopic (exact) mass is 193 g/mol. The van der Waals surface area contributed by atoms with E-state index < -0.39 is 0 Å². The Balaban J connectivity index is 3.03. The van der Waals surface area contributed by atoms with E-state index in [2.05, 4.69) is 39.3 Å². The maximum Gasteiger partial charge on any atom is 0.166 e. The number of aliphatic imine (C=N–C) groups is 1. The highest BCUT2D eigenvalue weighted by molar-refractivity contribution is 7.78. The maximum absolute atomic E-state index is 4.51. The highest BCUT2D eigenvalue weighted by atomic mass is 32.1. The molecule has 4 heteroatoms. The second-order valence-corrected chi connectivity index (χ2v) is 2.92. The molecule has 0 aliphatic rings. The smallest absolute Gasteiger partial charge is 0.166 e. The molecule has 0 saturated heterocycles. The van der Waals surface area contributed by atoms with Crippen molar-refractivity contribution >= 4 is 23.2 Å². The summed E-state index contributed by atoms with van der Waals surface area (Å²) in [6, 6.07) is 1.79. The van der Waals surface area contributed by atoms with Gasteiger partial charge in [0.2, 0.25) is 0 Å². The lowest BCUT2D eigenvalue weighted by Gasteiger charge is -1.99. The molecule has 1 heterocycles. The van der Waals surface area contributed by atoms with E-state index in [1.54, 1.807) is 6.07 Å². The van der Waals surface area contributed by atoms with Gasteiger partial charge < -0.3 is 0 Å². The van der Waals surface area contributed by atoms with Crippen LogP contribution in [-0.2, 0) is 6.42 Å². The van der Waals surface area contributed by atoms with Gasteiger partial charge in [-0.15, -0.1) is 0 Å². The summed E-state index contributed by atoms with van der Waals surface area (Å²) >= 11 is 4.51. The fourth-order valence-corrected chi connectivity index (χ4v) is 1.15. The van der Waals surface area contributed by atoms with Crippen LogP contribution in [0.2, 0.25) is 0 Å². The van der Waals surface area contributed by atoms with Crippen molar-refractivity contribution in [3.05, 3.63) is 17.6 Å². The molecule has 1 aromatic rings. The number of nitrogens with zero attached hydrogens (tertiary/aromatic N) is 3. The minimum absolute atomic E-state index is 0.603. The van der Waals surface area contributed by atoms with E-state index in [1.165, 1.54) is 0 Å². The average Bonchev–Trinajstić information content (AvgIpc) is 2.04. The van der Waals surface area contributed by atoms with Crippen molar-refractivity contribution in [2.45, 2.75) is 26.7 Å². The molecule has 0 unspecified atom stereocenters. The first-order chi connectivity index (χ1) is 6.26. The SMILES string of the molecule is CCCc1nc(C)cc(N=C=S)n1. The van der Waals surface area contributed by atoms with Gasteiger partial charge in [-0.1, -0.05) is 6.92 Å². The van der Waals surface area contributed by atoms with Gasteiger partial charge in [0.05, 0.1) is 5.16 Å². The highest BCUT2D eigenvalue weighted by Gasteiger charge is 1.99. The van der Waals surface area contributed by atoms with E-state index in [-0.39, 0.29) is 0 Å². The van der Waals surface area contributed by atoms with E-state index in [1.807, 2.05) is 6.92 Å². The van der Waals surface area contributed by atoms with Crippen molar-refractivity contribution in [2.24, 2.45) is 4.99 Å². The molecule has 0 saturated carbocycles. The van der Waals surface area contributed by atoms with Crippen LogP contribution in [0.4, 0.5) is 5.82 Å². The van der Waals surface area contributed by atoms with Crippen LogP contribution >= 0.6 is 12.2 Å². The molecule has 0 atom stereocenters. The predicted octanol–water partition coefficient (Wildman–Crippen LogP) is 2.47. The van der Waals surface area contributed by atoms with E-state index in [9.17, 15) is 0 Å². The molecule has 1 rings (SSSR count). The maximum atomic E-state index is 4.51. The van der Waals surface area contributed by atoms with Crippen LogP contribution in [0.15, 0.2) is 11.1 Å². The fraction of sp³-hybridized carbons (Fsp3) is 0.444. The Morgan fingerprint density at radius 2 is 2.31 bits per heavy atom. The zero-order valence-electron chi connectivity index (χ0n) is 7.74. The lowest BCUT2D eigenvalue weighted by atomic mass is 10.3. The molecule has 0 N–H and O–H groups in total. The summed E-state index contributed by atoms with van der Waals surface area (Å²) in [7, 11) is 0. The first kappa shape index (κ1) is 9.96. The molecular formula is C9H11N3S. The van der Waals surface area contributed by atoms with Crippen LogP contribution in [0.5, 0.6) is 0 Å². The standard InChI is InChI=1S/C9H11N3S/c1-3-4-8-11-7(2)5-9(12-8)10-6-13/h5H,3-4H2,1-2H3. The van der Waals surface area contributed by atoms with Gasteiger partial charge >= 0.3 is 0 Å². The number of hydrogen-bond acceptors (Lipinski definition) is 4. The topological polar surface area (TPSA) is 38.1 Å². The molecule has 0 amide bonds. The lowest BCUT2D eigenvalue weighted by molar-refractivity contribution is 0.825. The Hall–Kier alpha value is -1.12. The van der Waals surface area contributed by atoms with Crippen molar-refractivity contribution in [1.29, 1.82) is 0 Å². The Bertz CT molecular complexity index is 343. The number of aryl methyl sites for hydroxylation is 2. The summed E-state index contributed by atoms with van der Waals surface area (Å²) in [5.74, 6) is 1.43. The zero-order valence-corrected chi connectivity index (χ0v) is 8.56. The second-order valence-electron chi connectivity index (χ2n) is 2.74.